The standard InChI is InChI=1S/C20H21F3N2O2S/c1-3-13(2)25-19(27)16-6-4-5-14(11-16)12-24-18(26)15-7-9-17(10-8-15)28-20(21,22)23/h4-11,13H,3,12H2,1-2H3,(H,24,26)(H,25,27). The maximum atomic E-state index is 12.3. The number of rotatable bonds is 7. The van der Waals surface area contributed by atoms with E-state index in [1.807, 2.05) is 13.8 Å². The third-order valence-corrected chi connectivity index (χ3v) is 4.72. The lowest BCUT2D eigenvalue weighted by Crippen LogP contribution is -2.32. The highest BCUT2D eigenvalue weighted by Crippen LogP contribution is 2.36. The van der Waals surface area contributed by atoms with E-state index in [-0.39, 0.29) is 40.7 Å². The molecule has 2 aromatic rings. The Hall–Kier alpha value is -2.48. The zero-order chi connectivity index (χ0) is 20.7. The van der Waals surface area contributed by atoms with Gasteiger partial charge in [0.1, 0.15) is 0 Å². The number of thioether (sulfide) groups is 1. The molecule has 0 aliphatic carbocycles. The van der Waals surface area contributed by atoms with Crippen LogP contribution in [0.25, 0.3) is 0 Å². The Labute approximate surface area is 165 Å². The first-order valence-corrected chi connectivity index (χ1v) is 9.53. The molecule has 2 amide bonds. The van der Waals surface area contributed by atoms with Crippen molar-refractivity contribution < 1.29 is 22.8 Å². The molecule has 0 spiro atoms. The first-order chi connectivity index (χ1) is 13.2. The van der Waals surface area contributed by atoms with Gasteiger partial charge in [0.05, 0.1) is 0 Å². The fraction of sp³-hybridized carbons (Fsp3) is 0.300. The Kier molecular flexibility index (Phi) is 7.51. The van der Waals surface area contributed by atoms with Crippen LogP contribution in [0.15, 0.2) is 53.4 Å². The van der Waals surface area contributed by atoms with Gasteiger partial charge in [-0.2, -0.15) is 13.2 Å². The summed E-state index contributed by atoms with van der Waals surface area (Å²) < 4.78 is 37.0. The summed E-state index contributed by atoms with van der Waals surface area (Å²) >= 11 is -0.228. The van der Waals surface area contributed by atoms with Crippen molar-refractivity contribution in [2.45, 2.75) is 43.3 Å². The van der Waals surface area contributed by atoms with Crippen LogP contribution in [0.1, 0.15) is 46.5 Å². The van der Waals surface area contributed by atoms with Crippen molar-refractivity contribution in [3.05, 3.63) is 65.2 Å². The molecule has 1 atom stereocenters. The van der Waals surface area contributed by atoms with Crippen molar-refractivity contribution in [1.29, 1.82) is 0 Å². The largest absolute Gasteiger partial charge is 0.446 e. The highest BCUT2D eigenvalue weighted by molar-refractivity contribution is 8.00. The number of hydrogen-bond acceptors (Lipinski definition) is 3. The molecule has 2 rings (SSSR count). The Bertz CT molecular complexity index is 823. The van der Waals surface area contributed by atoms with E-state index < -0.39 is 11.4 Å². The van der Waals surface area contributed by atoms with E-state index in [0.717, 1.165) is 12.0 Å². The van der Waals surface area contributed by atoms with Gasteiger partial charge in [-0.15, -0.1) is 0 Å². The van der Waals surface area contributed by atoms with E-state index in [1.165, 1.54) is 24.3 Å². The van der Waals surface area contributed by atoms with Gasteiger partial charge < -0.3 is 10.6 Å². The minimum atomic E-state index is -4.37. The molecule has 8 heteroatoms. The molecule has 2 aromatic carbocycles. The van der Waals surface area contributed by atoms with Crippen molar-refractivity contribution in [2.24, 2.45) is 0 Å². The summed E-state index contributed by atoms with van der Waals surface area (Å²) in [5.74, 6) is -0.585. The van der Waals surface area contributed by atoms with E-state index in [4.69, 9.17) is 0 Å². The quantitative estimate of drug-likeness (QED) is 0.648. The predicted molar refractivity (Wildman–Crippen MR) is 103 cm³/mol. The number of carbonyl (C=O) groups excluding carboxylic acids is 2. The number of amides is 2. The van der Waals surface area contributed by atoms with E-state index in [9.17, 15) is 22.8 Å². The van der Waals surface area contributed by atoms with E-state index in [2.05, 4.69) is 10.6 Å². The van der Waals surface area contributed by atoms with Gasteiger partial charge in [-0.3, -0.25) is 9.59 Å². The third kappa shape index (κ3) is 6.92. The smallest absolute Gasteiger partial charge is 0.350 e. The fourth-order valence-electron chi connectivity index (χ4n) is 2.32. The molecule has 1 unspecified atom stereocenters. The SMILES string of the molecule is CCC(C)NC(=O)c1cccc(CNC(=O)c2ccc(SC(F)(F)F)cc2)c1. The second-order valence-electron chi connectivity index (χ2n) is 6.24. The number of nitrogens with one attached hydrogen (secondary N) is 2. The second-order valence-corrected chi connectivity index (χ2v) is 7.38. The molecule has 28 heavy (non-hydrogen) atoms. The number of halogens is 3. The molecule has 0 aliphatic rings. The number of carbonyl (C=O) groups is 2. The van der Waals surface area contributed by atoms with Crippen LogP contribution in [0, 0.1) is 0 Å². The molecular weight excluding hydrogens is 389 g/mol. The topological polar surface area (TPSA) is 58.2 Å². The molecular formula is C20H21F3N2O2S. The van der Waals surface area contributed by atoms with Gasteiger partial charge in [0, 0.05) is 28.6 Å². The Balaban J connectivity index is 1.95. The van der Waals surface area contributed by atoms with Gasteiger partial charge >= 0.3 is 5.51 Å². The maximum Gasteiger partial charge on any atom is 0.446 e. The fourth-order valence-corrected chi connectivity index (χ4v) is 2.86. The molecule has 0 heterocycles. The molecule has 0 fully saturated rings. The van der Waals surface area contributed by atoms with Gasteiger partial charge in [-0.25, -0.2) is 0 Å². The average Bonchev–Trinajstić information content (AvgIpc) is 2.65. The lowest BCUT2D eigenvalue weighted by molar-refractivity contribution is -0.0328. The van der Waals surface area contributed by atoms with Crippen molar-refractivity contribution >= 4 is 23.6 Å². The summed E-state index contributed by atoms with van der Waals surface area (Å²) in [4.78, 5) is 24.4. The van der Waals surface area contributed by atoms with Crippen LogP contribution in [0.2, 0.25) is 0 Å². The molecule has 0 aliphatic heterocycles. The van der Waals surface area contributed by atoms with Gasteiger partial charge in [-0.05, 0) is 67.1 Å². The molecule has 0 aromatic heterocycles. The van der Waals surface area contributed by atoms with Gasteiger partial charge in [0.25, 0.3) is 11.8 Å². The molecule has 0 saturated carbocycles. The summed E-state index contributed by atoms with van der Waals surface area (Å²) in [6.45, 7) is 4.09. The van der Waals surface area contributed by atoms with Gasteiger partial charge in [0.15, 0.2) is 0 Å². The maximum absolute atomic E-state index is 12.3. The Morgan fingerprint density at radius 1 is 1.04 bits per heavy atom. The molecule has 0 saturated heterocycles. The molecule has 150 valence electrons. The van der Waals surface area contributed by atoms with Crippen LogP contribution in [0.3, 0.4) is 0 Å². The summed E-state index contributed by atoms with van der Waals surface area (Å²) in [6.07, 6.45) is 0.821. The van der Waals surface area contributed by atoms with E-state index in [1.54, 1.807) is 24.3 Å². The summed E-state index contributed by atoms with van der Waals surface area (Å²) in [7, 11) is 0. The minimum absolute atomic E-state index is 0.0177. The second kappa shape index (κ2) is 9.64. The van der Waals surface area contributed by atoms with E-state index in [0.29, 0.717) is 5.56 Å². The molecule has 0 radical (unpaired) electrons. The van der Waals surface area contributed by atoms with E-state index >= 15 is 0 Å². The lowest BCUT2D eigenvalue weighted by Gasteiger charge is -2.12. The number of hydrogen-bond donors (Lipinski definition) is 2. The summed E-state index contributed by atoms with van der Waals surface area (Å²) in [5, 5.41) is 5.58. The minimum Gasteiger partial charge on any atom is -0.350 e. The van der Waals surface area contributed by atoms with Crippen LogP contribution in [0.4, 0.5) is 13.2 Å². The van der Waals surface area contributed by atoms with Crippen molar-refractivity contribution in [2.75, 3.05) is 0 Å². The highest BCUT2D eigenvalue weighted by Gasteiger charge is 2.29. The average molecular weight is 410 g/mol. The number of benzene rings is 2. The van der Waals surface area contributed by atoms with Crippen LogP contribution < -0.4 is 10.6 Å². The van der Waals surface area contributed by atoms with Crippen molar-refractivity contribution in [1.82, 2.24) is 10.6 Å². The lowest BCUT2D eigenvalue weighted by atomic mass is 10.1. The third-order valence-electron chi connectivity index (χ3n) is 3.98. The first-order valence-electron chi connectivity index (χ1n) is 8.71. The first kappa shape index (κ1) is 21.8. The van der Waals surface area contributed by atoms with Crippen LogP contribution >= 0.6 is 11.8 Å². The monoisotopic (exact) mass is 410 g/mol. The van der Waals surface area contributed by atoms with Gasteiger partial charge in [-0.1, -0.05) is 19.1 Å². The molecule has 0 bridgehead atoms. The Morgan fingerprint density at radius 3 is 2.32 bits per heavy atom. The summed E-state index contributed by atoms with van der Waals surface area (Å²) in [6, 6.07) is 12.2. The van der Waals surface area contributed by atoms with Crippen molar-refractivity contribution in [3.8, 4) is 0 Å². The molecule has 2 N–H and O–H groups in total. The zero-order valence-electron chi connectivity index (χ0n) is 15.5. The normalized spacial score (nSPS) is 12.3. The van der Waals surface area contributed by atoms with Gasteiger partial charge in [0.2, 0.25) is 0 Å². The van der Waals surface area contributed by atoms with Crippen molar-refractivity contribution in [3.63, 3.8) is 0 Å². The highest BCUT2D eigenvalue weighted by atomic mass is 32.2. The van der Waals surface area contributed by atoms with Crippen LogP contribution in [-0.4, -0.2) is 23.4 Å². The predicted octanol–water partition coefficient (Wildman–Crippen LogP) is 4.76. The zero-order valence-corrected chi connectivity index (χ0v) is 16.3. The Morgan fingerprint density at radius 2 is 1.71 bits per heavy atom. The number of alkyl halides is 3. The van der Waals surface area contributed by atoms with Crippen LogP contribution in [0.5, 0.6) is 0 Å². The van der Waals surface area contributed by atoms with Crippen LogP contribution in [-0.2, 0) is 6.54 Å². The summed E-state index contributed by atoms with van der Waals surface area (Å²) in [5.41, 5.74) is -2.86. The molecule has 4 nitrogen and oxygen atoms in total.